The number of aliphatic hydroxyl groups excluding tert-OH is 2. The van der Waals surface area contributed by atoms with Gasteiger partial charge in [-0.3, -0.25) is 9.59 Å². The third-order valence-electron chi connectivity index (χ3n) is 7.52. The van der Waals surface area contributed by atoms with Gasteiger partial charge in [0.05, 0.1) is 23.8 Å². The second-order valence-electron chi connectivity index (χ2n) is 11.4. The molecule has 5 atom stereocenters. The summed E-state index contributed by atoms with van der Waals surface area (Å²) in [6.07, 6.45) is -0.0415. The molecule has 2 aromatic rings. The van der Waals surface area contributed by atoms with E-state index in [-0.39, 0.29) is 46.7 Å². The zero-order chi connectivity index (χ0) is 28.0. The minimum absolute atomic E-state index is 0.0325. The molecule has 0 unspecified atom stereocenters. The lowest BCUT2D eigenvalue weighted by Gasteiger charge is -2.37. The number of Topliss-reactive ketones (excluding diaryl/α,β-unsaturated/α-hetero) is 1. The number of carbonyl (C=O) groups excluding carboxylic acids is 2. The van der Waals surface area contributed by atoms with Crippen LogP contribution in [0.25, 0.3) is 0 Å². The third-order valence-corrected chi connectivity index (χ3v) is 7.81. The lowest BCUT2D eigenvalue weighted by Crippen LogP contribution is -2.49. The van der Waals surface area contributed by atoms with Crippen molar-refractivity contribution in [1.82, 2.24) is 5.32 Å². The zero-order valence-corrected chi connectivity index (χ0v) is 22.2. The largest absolute Gasteiger partial charge is 0.394 e. The Balaban J connectivity index is 1.90. The van der Waals surface area contributed by atoms with Crippen molar-refractivity contribution in [2.24, 2.45) is 5.41 Å². The van der Waals surface area contributed by atoms with Crippen LogP contribution in [0.4, 0.5) is 18.9 Å². The summed E-state index contributed by atoms with van der Waals surface area (Å²) in [6.45, 7) is 5.48. The maximum atomic E-state index is 14.7. The van der Waals surface area contributed by atoms with Gasteiger partial charge in [0.25, 0.3) is 0 Å². The predicted octanol–water partition coefficient (Wildman–Crippen LogP) is 4.60. The SMILES string of the molecule is CC(C)(C)C[C@H]1N[C@@H](C(=O)CCC[C@H](O)CO)[C@H](c2ccc(F)c(Cl)c2)[C@@]12C(=O)Nc1cc(F)c(F)cc12. The van der Waals surface area contributed by atoms with Gasteiger partial charge in [0.15, 0.2) is 11.6 Å². The molecular weight excluding hydrogens is 521 g/mol. The standard InChI is InChI=1S/C28H32ClF3N2O4/c1-27(2,3)12-23-28(16-10-19(31)20(32)11-21(16)33-26(28)38)24(14-7-8-18(30)17(29)9-14)25(34-23)22(37)6-4-5-15(36)13-35/h7-11,15,23-25,34-36H,4-6,12-13H2,1-3H3,(H,33,38)/t15-,23+,24-,25-,28-/m0/s1. The highest BCUT2D eigenvalue weighted by molar-refractivity contribution is 6.30. The molecule has 1 amide bonds. The molecule has 4 rings (SSSR count). The lowest BCUT2D eigenvalue weighted by atomic mass is 9.62. The molecule has 1 fully saturated rings. The van der Waals surface area contributed by atoms with E-state index in [2.05, 4.69) is 10.6 Å². The van der Waals surface area contributed by atoms with E-state index in [1.165, 1.54) is 12.1 Å². The number of nitrogens with one attached hydrogen (secondary N) is 2. The van der Waals surface area contributed by atoms with E-state index in [1.807, 2.05) is 20.8 Å². The number of hydrogen-bond acceptors (Lipinski definition) is 5. The Bertz CT molecular complexity index is 1250. The lowest BCUT2D eigenvalue weighted by molar-refractivity contribution is -0.122. The highest BCUT2D eigenvalue weighted by Gasteiger charge is 2.65. The van der Waals surface area contributed by atoms with Gasteiger partial charge in [-0.15, -0.1) is 0 Å². The Morgan fingerprint density at radius 2 is 1.82 bits per heavy atom. The summed E-state index contributed by atoms with van der Waals surface area (Å²) in [5, 5.41) is 24.7. The van der Waals surface area contributed by atoms with E-state index >= 15 is 0 Å². The van der Waals surface area contributed by atoms with Crippen molar-refractivity contribution in [2.45, 2.75) is 76.0 Å². The number of halogens is 4. The summed E-state index contributed by atoms with van der Waals surface area (Å²) in [5.74, 6) is -4.62. The predicted molar refractivity (Wildman–Crippen MR) is 138 cm³/mol. The van der Waals surface area contributed by atoms with E-state index < -0.39 is 59.5 Å². The first-order valence-electron chi connectivity index (χ1n) is 12.6. The van der Waals surface area contributed by atoms with Crippen LogP contribution >= 0.6 is 11.6 Å². The van der Waals surface area contributed by atoms with Gasteiger partial charge in [-0.2, -0.15) is 0 Å². The Labute approximate surface area is 224 Å². The molecule has 0 aliphatic carbocycles. The molecule has 4 N–H and O–H groups in total. The molecule has 10 heteroatoms. The average molecular weight is 553 g/mol. The molecule has 2 aliphatic rings. The molecule has 0 bridgehead atoms. The number of carbonyl (C=O) groups is 2. The highest BCUT2D eigenvalue weighted by atomic mass is 35.5. The minimum atomic E-state index is -1.52. The smallest absolute Gasteiger partial charge is 0.237 e. The van der Waals surface area contributed by atoms with Gasteiger partial charge in [0.1, 0.15) is 17.0 Å². The van der Waals surface area contributed by atoms with Crippen molar-refractivity contribution in [3.63, 3.8) is 0 Å². The van der Waals surface area contributed by atoms with Gasteiger partial charge in [-0.05, 0) is 54.0 Å². The van der Waals surface area contributed by atoms with Gasteiger partial charge < -0.3 is 20.8 Å². The number of anilines is 1. The molecule has 6 nitrogen and oxygen atoms in total. The van der Waals surface area contributed by atoms with Crippen molar-refractivity contribution in [2.75, 3.05) is 11.9 Å². The van der Waals surface area contributed by atoms with Crippen molar-refractivity contribution >= 4 is 29.0 Å². The Kier molecular flexibility index (Phi) is 7.96. The van der Waals surface area contributed by atoms with Gasteiger partial charge in [-0.25, -0.2) is 13.2 Å². The molecular formula is C28H32ClF3N2O4. The molecule has 206 valence electrons. The van der Waals surface area contributed by atoms with Crippen molar-refractivity contribution in [1.29, 1.82) is 0 Å². The fraction of sp³-hybridized carbons (Fsp3) is 0.500. The Morgan fingerprint density at radius 1 is 1.13 bits per heavy atom. The van der Waals surface area contributed by atoms with Crippen molar-refractivity contribution < 1.29 is 33.0 Å². The number of fused-ring (bicyclic) bond motifs is 2. The van der Waals surface area contributed by atoms with Crippen LogP contribution in [0.2, 0.25) is 5.02 Å². The maximum absolute atomic E-state index is 14.7. The summed E-state index contributed by atoms with van der Waals surface area (Å²) < 4.78 is 43.0. The molecule has 2 heterocycles. The van der Waals surface area contributed by atoms with E-state index in [9.17, 15) is 27.9 Å². The van der Waals surface area contributed by atoms with Crippen LogP contribution < -0.4 is 10.6 Å². The molecule has 0 saturated carbocycles. The van der Waals surface area contributed by atoms with Gasteiger partial charge in [-0.1, -0.05) is 38.4 Å². The highest BCUT2D eigenvalue weighted by Crippen LogP contribution is 2.57. The Morgan fingerprint density at radius 3 is 2.45 bits per heavy atom. The van der Waals surface area contributed by atoms with E-state index in [4.69, 9.17) is 16.7 Å². The van der Waals surface area contributed by atoms with Crippen molar-refractivity contribution in [3.8, 4) is 0 Å². The minimum Gasteiger partial charge on any atom is -0.394 e. The number of amides is 1. The molecule has 0 aromatic heterocycles. The number of ketones is 1. The normalized spacial score (nSPS) is 25.5. The van der Waals surface area contributed by atoms with Crippen molar-refractivity contribution in [3.05, 3.63) is 63.9 Å². The quantitative estimate of drug-likeness (QED) is 0.384. The summed E-state index contributed by atoms with van der Waals surface area (Å²) in [6, 6.07) is 4.30. The van der Waals surface area contributed by atoms with Gasteiger partial charge >= 0.3 is 0 Å². The molecule has 0 radical (unpaired) electrons. The number of aliphatic hydroxyl groups is 2. The van der Waals surface area contributed by atoms with Gasteiger partial charge in [0.2, 0.25) is 5.91 Å². The van der Waals surface area contributed by atoms with Crippen LogP contribution in [0.5, 0.6) is 0 Å². The van der Waals surface area contributed by atoms with Crippen LogP contribution in [0.15, 0.2) is 30.3 Å². The second-order valence-corrected chi connectivity index (χ2v) is 11.9. The van der Waals surface area contributed by atoms with Crippen LogP contribution in [-0.2, 0) is 15.0 Å². The van der Waals surface area contributed by atoms with Crippen LogP contribution in [0.1, 0.15) is 63.5 Å². The van der Waals surface area contributed by atoms with Gasteiger partial charge in [0, 0.05) is 30.1 Å². The van der Waals surface area contributed by atoms with Crippen LogP contribution in [0.3, 0.4) is 0 Å². The first-order valence-corrected chi connectivity index (χ1v) is 13.0. The molecule has 2 aliphatic heterocycles. The molecule has 1 saturated heterocycles. The van der Waals surface area contributed by atoms with E-state index in [0.29, 0.717) is 12.0 Å². The Hall–Kier alpha value is -2.46. The fourth-order valence-electron chi connectivity index (χ4n) is 5.95. The first-order chi connectivity index (χ1) is 17.8. The number of rotatable bonds is 8. The average Bonchev–Trinajstić information content (AvgIpc) is 3.30. The molecule has 1 spiro atoms. The topological polar surface area (TPSA) is 98.7 Å². The van der Waals surface area contributed by atoms with E-state index in [0.717, 1.165) is 18.2 Å². The number of hydrogen-bond donors (Lipinski definition) is 4. The molecule has 2 aromatic carbocycles. The third kappa shape index (κ3) is 5.09. The fourth-order valence-corrected chi connectivity index (χ4v) is 6.14. The summed E-state index contributed by atoms with van der Waals surface area (Å²) in [5.41, 5.74) is -1.11. The van der Waals surface area contributed by atoms with Crippen LogP contribution in [-0.4, -0.2) is 46.7 Å². The van der Waals surface area contributed by atoms with Crippen LogP contribution in [0, 0.1) is 22.9 Å². The zero-order valence-electron chi connectivity index (χ0n) is 21.5. The summed E-state index contributed by atoms with van der Waals surface area (Å²) in [7, 11) is 0. The number of benzene rings is 2. The summed E-state index contributed by atoms with van der Waals surface area (Å²) >= 11 is 6.13. The monoisotopic (exact) mass is 552 g/mol. The summed E-state index contributed by atoms with van der Waals surface area (Å²) in [4.78, 5) is 27.6. The maximum Gasteiger partial charge on any atom is 0.237 e. The molecule has 38 heavy (non-hydrogen) atoms. The first kappa shape index (κ1) is 28.5. The van der Waals surface area contributed by atoms with E-state index in [1.54, 1.807) is 0 Å². The second kappa shape index (κ2) is 10.6.